The van der Waals surface area contributed by atoms with E-state index in [2.05, 4.69) is 18.6 Å². The minimum absolute atomic E-state index is 0.0450. The van der Waals surface area contributed by atoms with Crippen molar-refractivity contribution in [2.75, 3.05) is 6.61 Å². The zero-order valence-corrected chi connectivity index (χ0v) is 13.4. The second-order valence-electron chi connectivity index (χ2n) is 5.45. The summed E-state index contributed by atoms with van der Waals surface area (Å²) in [5.74, 6) is 0.303. The van der Waals surface area contributed by atoms with Crippen molar-refractivity contribution in [3.8, 4) is 0 Å². The molecule has 0 aliphatic heterocycles. The van der Waals surface area contributed by atoms with Gasteiger partial charge >= 0.3 is 0 Å². The summed E-state index contributed by atoms with van der Waals surface area (Å²) >= 11 is 0. The van der Waals surface area contributed by atoms with Crippen LogP contribution in [-0.4, -0.2) is 26.2 Å². The van der Waals surface area contributed by atoms with Crippen molar-refractivity contribution in [3.63, 3.8) is 0 Å². The van der Waals surface area contributed by atoms with E-state index in [1.165, 1.54) is 0 Å². The van der Waals surface area contributed by atoms with Crippen LogP contribution in [0.1, 0.15) is 45.6 Å². The van der Waals surface area contributed by atoms with Gasteiger partial charge in [-0.3, -0.25) is 0 Å². The summed E-state index contributed by atoms with van der Waals surface area (Å²) < 4.78 is 27.0. The van der Waals surface area contributed by atoms with E-state index in [1.807, 2.05) is 12.1 Å². The fourth-order valence-electron chi connectivity index (χ4n) is 1.80. The normalized spacial score (nSPS) is 16.6. The third-order valence-corrected chi connectivity index (χ3v) is 5.43. The molecule has 5 heteroatoms. The minimum Gasteiger partial charge on any atom is -0.396 e. The largest absolute Gasteiger partial charge is 0.396 e. The van der Waals surface area contributed by atoms with Crippen LogP contribution in [0.15, 0.2) is 29.2 Å². The first-order chi connectivity index (χ1) is 9.31. The van der Waals surface area contributed by atoms with E-state index in [-0.39, 0.29) is 23.5 Å². The van der Waals surface area contributed by atoms with Gasteiger partial charge in [-0.05, 0) is 42.9 Å². The predicted molar refractivity (Wildman–Crippen MR) is 81.2 cm³/mol. The monoisotopic (exact) mass is 299 g/mol. The Labute approximate surface area is 122 Å². The van der Waals surface area contributed by atoms with Gasteiger partial charge in [0.1, 0.15) is 0 Å². The fraction of sp³-hybridized carbons (Fsp3) is 0.600. The average Bonchev–Trinajstić information content (AvgIpc) is 2.45. The Bertz CT molecular complexity index is 510. The van der Waals surface area contributed by atoms with Gasteiger partial charge in [-0.25, -0.2) is 13.1 Å². The van der Waals surface area contributed by atoms with Crippen LogP contribution in [0.3, 0.4) is 0 Å². The van der Waals surface area contributed by atoms with Crippen LogP contribution in [0.5, 0.6) is 0 Å². The second-order valence-corrected chi connectivity index (χ2v) is 7.16. The highest BCUT2D eigenvalue weighted by atomic mass is 32.2. The molecule has 1 aromatic rings. The maximum Gasteiger partial charge on any atom is 0.240 e. The molecule has 0 saturated carbocycles. The Morgan fingerprint density at radius 1 is 1.15 bits per heavy atom. The number of rotatable bonds is 7. The van der Waals surface area contributed by atoms with E-state index >= 15 is 0 Å². The van der Waals surface area contributed by atoms with E-state index in [1.54, 1.807) is 26.0 Å². The van der Waals surface area contributed by atoms with Crippen LogP contribution in [0, 0.1) is 5.92 Å². The molecule has 0 heterocycles. The molecule has 4 nitrogen and oxygen atoms in total. The molecule has 0 aliphatic carbocycles. The molecule has 0 bridgehead atoms. The van der Waals surface area contributed by atoms with Gasteiger partial charge in [-0.1, -0.05) is 32.9 Å². The number of aliphatic hydroxyl groups excluding tert-OH is 1. The summed E-state index contributed by atoms with van der Waals surface area (Å²) in [7, 11) is -3.52. The second kappa shape index (κ2) is 7.20. The lowest BCUT2D eigenvalue weighted by atomic mass is 9.99. The molecular formula is C15H25NO3S. The highest BCUT2D eigenvalue weighted by Crippen LogP contribution is 2.20. The van der Waals surface area contributed by atoms with Gasteiger partial charge in [0.15, 0.2) is 0 Å². The molecule has 0 fully saturated rings. The van der Waals surface area contributed by atoms with Gasteiger partial charge in [0.05, 0.1) is 4.90 Å². The number of hydrogen-bond acceptors (Lipinski definition) is 3. The maximum atomic E-state index is 12.2. The van der Waals surface area contributed by atoms with E-state index < -0.39 is 10.0 Å². The van der Waals surface area contributed by atoms with E-state index in [9.17, 15) is 8.42 Å². The van der Waals surface area contributed by atoms with Crippen molar-refractivity contribution in [1.82, 2.24) is 4.72 Å². The summed E-state index contributed by atoms with van der Waals surface area (Å²) in [6.45, 7) is 7.74. The summed E-state index contributed by atoms with van der Waals surface area (Å²) in [6.07, 6.45) is 1.02. The van der Waals surface area contributed by atoms with E-state index in [4.69, 9.17) is 5.11 Å². The molecule has 20 heavy (non-hydrogen) atoms. The number of nitrogens with one attached hydrogen (secondary N) is 1. The maximum absolute atomic E-state index is 12.2. The molecule has 1 rings (SSSR count). The number of benzene rings is 1. The van der Waals surface area contributed by atoms with Gasteiger partial charge < -0.3 is 5.11 Å². The lowest BCUT2D eigenvalue weighted by Gasteiger charge is -2.19. The molecule has 0 amide bonds. The van der Waals surface area contributed by atoms with E-state index in [0.29, 0.717) is 5.92 Å². The quantitative estimate of drug-likeness (QED) is 0.813. The van der Waals surface area contributed by atoms with Crippen molar-refractivity contribution in [2.24, 2.45) is 5.92 Å². The lowest BCUT2D eigenvalue weighted by molar-refractivity contribution is 0.216. The standard InChI is InChI=1S/C15H25NO3S/c1-5-11(2)14-6-8-15(9-7-14)20(18,19)16-13(4)12(3)10-17/h6-9,11-13,16-17H,5,10H2,1-4H3. The number of aliphatic hydroxyl groups is 1. The Balaban J connectivity index is 2.88. The van der Waals surface area contributed by atoms with Gasteiger partial charge in [0, 0.05) is 12.6 Å². The first-order valence-corrected chi connectivity index (χ1v) is 8.53. The first-order valence-electron chi connectivity index (χ1n) is 7.05. The van der Waals surface area contributed by atoms with Crippen LogP contribution in [0.25, 0.3) is 0 Å². The van der Waals surface area contributed by atoms with Gasteiger partial charge in [-0.2, -0.15) is 0 Å². The SMILES string of the molecule is CCC(C)c1ccc(S(=O)(=O)NC(C)C(C)CO)cc1. The third-order valence-electron chi connectivity index (χ3n) is 3.85. The van der Waals surface area contributed by atoms with Crippen molar-refractivity contribution in [2.45, 2.75) is 51.0 Å². The minimum atomic E-state index is -3.52. The van der Waals surface area contributed by atoms with Crippen molar-refractivity contribution in [3.05, 3.63) is 29.8 Å². The molecule has 114 valence electrons. The number of hydrogen-bond donors (Lipinski definition) is 2. The van der Waals surface area contributed by atoms with Crippen molar-refractivity contribution >= 4 is 10.0 Å². The molecule has 1 aromatic carbocycles. The highest BCUT2D eigenvalue weighted by molar-refractivity contribution is 7.89. The molecule has 0 aromatic heterocycles. The average molecular weight is 299 g/mol. The zero-order valence-electron chi connectivity index (χ0n) is 12.6. The topological polar surface area (TPSA) is 66.4 Å². The number of sulfonamides is 1. The summed E-state index contributed by atoms with van der Waals surface area (Å²) in [5.41, 5.74) is 1.14. The molecule has 3 atom stereocenters. The molecule has 0 saturated heterocycles. The van der Waals surface area contributed by atoms with Gasteiger partial charge in [0.25, 0.3) is 0 Å². The Morgan fingerprint density at radius 2 is 1.70 bits per heavy atom. The first kappa shape index (κ1) is 17.1. The molecule has 0 spiro atoms. The lowest BCUT2D eigenvalue weighted by Crippen LogP contribution is -2.38. The third kappa shape index (κ3) is 4.30. The molecule has 2 N–H and O–H groups in total. The van der Waals surface area contributed by atoms with Crippen LogP contribution < -0.4 is 4.72 Å². The molecule has 3 unspecified atom stereocenters. The summed E-state index contributed by atoms with van der Waals surface area (Å²) in [6, 6.07) is 6.70. The van der Waals surface area contributed by atoms with Crippen LogP contribution in [-0.2, 0) is 10.0 Å². The smallest absolute Gasteiger partial charge is 0.240 e. The van der Waals surface area contributed by atoms with Crippen LogP contribution in [0.2, 0.25) is 0 Å². The predicted octanol–water partition coefficient (Wildman–Crippen LogP) is 2.50. The van der Waals surface area contributed by atoms with Crippen LogP contribution in [0.4, 0.5) is 0 Å². The van der Waals surface area contributed by atoms with Crippen molar-refractivity contribution < 1.29 is 13.5 Å². The molecular weight excluding hydrogens is 274 g/mol. The Morgan fingerprint density at radius 3 is 2.15 bits per heavy atom. The van der Waals surface area contributed by atoms with Crippen molar-refractivity contribution in [1.29, 1.82) is 0 Å². The van der Waals surface area contributed by atoms with Gasteiger partial charge in [0.2, 0.25) is 10.0 Å². The van der Waals surface area contributed by atoms with Gasteiger partial charge in [-0.15, -0.1) is 0 Å². The van der Waals surface area contributed by atoms with Crippen LogP contribution >= 0.6 is 0 Å². The molecule has 0 aliphatic rings. The Kier molecular flexibility index (Phi) is 6.17. The zero-order chi connectivity index (χ0) is 15.3. The summed E-state index contributed by atoms with van der Waals surface area (Å²) in [4.78, 5) is 0.265. The highest BCUT2D eigenvalue weighted by Gasteiger charge is 2.20. The molecule has 0 radical (unpaired) electrons. The summed E-state index contributed by atoms with van der Waals surface area (Å²) in [5, 5.41) is 9.06. The van der Waals surface area contributed by atoms with E-state index in [0.717, 1.165) is 12.0 Å². The fourth-order valence-corrected chi connectivity index (χ4v) is 3.15. The Hall–Kier alpha value is -0.910.